The average Bonchev–Trinajstić information content (AvgIpc) is 3.07. The molecule has 1 fully saturated rings. The van der Waals surface area contributed by atoms with Crippen molar-refractivity contribution in [1.82, 2.24) is 10.2 Å². The zero-order valence-electron chi connectivity index (χ0n) is 12.7. The van der Waals surface area contributed by atoms with Gasteiger partial charge in [0.15, 0.2) is 0 Å². The SMILES string of the molecule is COC(=O)C1CN(CC(=O)NC(C)c2ccco2)CC1C. The van der Waals surface area contributed by atoms with Crippen molar-refractivity contribution in [1.29, 1.82) is 0 Å². The third kappa shape index (κ3) is 3.85. The van der Waals surface area contributed by atoms with Gasteiger partial charge in [0, 0.05) is 13.1 Å². The minimum Gasteiger partial charge on any atom is -0.469 e. The zero-order chi connectivity index (χ0) is 15.4. The van der Waals surface area contributed by atoms with Gasteiger partial charge in [-0.2, -0.15) is 0 Å². The summed E-state index contributed by atoms with van der Waals surface area (Å²) in [5.41, 5.74) is 0. The van der Waals surface area contributed by atoms with Gasteiger partial charge in [-0.05, 0) is 25.0 Å². The van der Waals surface area contributed by atoms with Crippen LogP contribution in [0.1, 0.15) is 25.6 Å². The number of nitrogens with zero attached hydrogens (tertiary/aromatic N) is 1. The predicted octanol–water partition coefficient (Wildman–Crippen LogP) is 1.20. The van der Waals surface area contributed by atoms with Crippen molar-refractivity contribution < 1.29 is 18.7 Å². The molecule has 0 aromatic carbocycles. The van der Waals surface area contributed by atoms with E-state index in [0.29, 0.717) is 6.54 Å². The third-order valence-electron chi connectivity index (χ3n) is 3.91. The molecule has 1 amide bonds. The number of ether oxygens (including phenoxy) is 1. The van der Waals surface area contributed by atoms with Crippen molar-refractivity contribution >= 4 is 11.9 Å². The summed E-state index contributed by atoms with van der Waals surface area (Å²) in [7, 11) is 1.40. The van der Waals surface area contributed by atoms with Crippen LogP contribution in [0.2, 0.25) is 0 Å². The second-order valence-corrected chi connectivity index (χ2v) is 5.61. The molecule has 6 heteroatoms. The van der Waals surface area contributed by atoms with E-state index in [-0.39, 0.29) is 36.3 Å². The van der Waals surface area contributed by atoms with Crippen LogP contribution >= 0.6 is 0 Å². The van der Waals surface area contributed by atoms with E-state index in [1.54, 1.807) is 12.3 Å². The maximum Gasteiger partial charge on any atom is 0.310 e. The highest BCUT2D eigenvalue weighted by Crippen LogP contribution is 2.23. The van der Waals surface area contributed by atoms with Crippen LogP contribution in [-0.4, -0.2) is 43.5 Å². The van der Waals surface area contributed by atoms with E-state index in [1.807, 2.05) is 24.8 Å². The lowest BCUT2D eigenvalue weighted by Gasteiger charge is -2.17. The fourth-order valence-corrected chi connectivity index (χ4v) is 2.75. The molecule has 2 rings (SSSR count). The fourth-order valence-electron chi connectivity index (χ4n) is 2.75. The number of carbonyl (C=O) groups excluding carboxylic acids is 2. The van der Waals surface area contributed by atoms with Crippen LogP contribution in [0.4, 0.5) is 0 Å². The van der Waals surface area contributed by atoms with Crippen LogP contribution in [0, 0.1) is 11.8 Å². The van der Waals surface area contributed by atoms with E-state index in [1.165, 1.54) is 7.11 Å². The molecule has 1 aliphatic heterocycles. The van der Waals surface area contributed by atoms with Gasteiger partial charge in [0.05, 0.1) is 31.9 Å². The predicted molar refractivity (Wildman–Crippen MR) is 76.4 cm³/mol. The highest BCUT2D eigenvalue weighted by molar-refractivity contribution is 5.79. The topological polar surface area (TPSA) is 71.8 Å². The summed E-state index contributed by atoms with van der Waals surface area (Å²) in [5.74, 6) is 0.509. The van der Waals surface area contributed by atoms with E-state index in [2.05, 4.69) is 5.32 Å². The molecule has 1 saturated heterocycles. The first-order valence-electron chi connectivity index (χ1n) is 7.14. The maximum absolute atomic E-state index is 12.0. The number of carbonyl (C=O) groups is 2. The Hall–Kier alpha value is -1.82. The van der Waals surface area contributed by atoms with Crippen LogP contribution in [0.3, 0.4) is 0 Å². The van der Waals surface area contributed by atoms with Gasteiger partial charge < -0.3 is 14.5 Å². The van der Waals surface area contributed by atoms with Gasteiger partial charge >= 0.3 is 5.97 Å². The number of amides is 1. The first-order valence-corrected chi connectivity index (χ1v) is 7.14. The van der Waals surface area contributed by atoms with Gasteiger partial charge in [0.25, 0.3) is 0 Å². The Morgan fingerprint density at radius 1 is 1.52 bits per heavy atom. The molecule has 0 bridgehead atoms. The molecule has 1 aliphatic rings. The van der Waals surface area contributed by atoms with Gasteiger partial charge in [0.1, 0.15) is 5.76 Å². The van der Waals surface area contributed by atoms with Gasteiger partial charge in [-0.15, -0.1) is 0 Å². The molecule has 1 aromatic heterocycles. The summed E-state index contributed by atoms with van der Waals surface area (Å²) in [5, 5.41) is 2.89. The summed E-state index contributed by atoms with van der Waals surface area (Å²) in [6, 6.07) is 3.46. The lowest BCUT2D eigenvalue weighted by atomic mass is 9.99. The number of hydrogen-bond acceptors (Lipinski definition) is 5. The molecule has 0 spiro atoms. The van der Waals surface area contributed by atoms with Gasteiger partial charge in [-0.3, -0.25) is 14.5 Å². The Morgan fingerprint density at radius 3 is 2.90 bits per heavy atom. The fraction of sp³-hybridized carbons (Fsp3) is 0.600. The van der Waals surface area contributed by atoms with Crippen molar-refractivity contribution in [2.45, 2.75) is 19.9 Å². The summed E-state index contributed by atoms with van der Waals surface area (Å²) in [6.07, 6.45) is 1.58. The first kappa shape index (κ1) is 15.6. The lowest BCUT2D eigenvalue weighted by molar-refractivity contribution is -0.146. The third-order valence-corrected chi connectivity index (χ3v) is 3.91. The van der Waals surface area contributed by atoms with E-state index in [4.69, 9.17) is 9.15 Å². The first-order chi connectivity index (χ1) is 10.0. The number of methoxy groups -OCH3 is 1. The van der Waals surface area contributed by atoms with Crippen LogP contribution in [0.5, 0.6) is 0 Å². The molecule has 0 saturated carbocycles. The smallest absolute Gasteiger partial charge is 0.310 e. The molecule has 21 heavy (non-hydrogen) atoms. The van der Waals surface area contributed by atoms with Crippen molar-refractivity contribution in [3.8, 4) is 0 Å². The lowest BCUT2D eigenvalue weighted by Crippen LogP contribution is -2.37. The number of nitrogens with one attached hydrogen (secondary N) is 1. The highest BCUT2D eigenvalue weighted by atomic mass is 16.5. The minimum atomic E-state index is -0.200. The van der Waals surface area contributed by atoms with Crippen molar-refractivity contribution in [3.63, 3.8) is 0 Å². The summed E-state index contributed by atoms with van der Waals surface area (Å²) >= 11 is 0. The standard InChI is InChI=1S/C15H22N2O4/c1-10-7-17(8-12(10)15(19)20-3)9-14(18)16-11(2)13-5-4-6-21-13/h4-6,10-12H,7-9H2,1-3H3,(H,16,18). The molecule has 1 aromatic rings. The molecule has 0 radical (unpaired) electrons. The summed E-state index contributed by atoms with van der Waals surface area (Å²) < 4.78 is 10.0. The quantitative estimate of drug-likeness (QED) is 0.826. The number of rotatable bonds is 5. The molecule has 0 aliphatic carbocycles. The Bertz CT molecular complexity index is 486. The second kappa shape index (κ2) is 6.76. The second-order valence-electron chi connectivity index (χ2n) is 5.61. The highest BCUT2D eigenvalue weighted by Gasteiger charge is 2.36. The molecular weight excluding hydrogens is 272 g/mol. The minimum absolute atomic E-state index is 0.0726. The van der Waals surface area contributed by atoms with Gasteiger partial charge in [0.2, 0.25) is 5.91 Å². The molecule has 3 unspecified atom stereocenters. The number of likely N-dealkylation sites (tertiary alicyclic amines) is 1. The maximum atomic E-state index is 12.0. The average molecular weight is 294 g/mol. The Labute approximate surface area is 124 Å². The summed E-state index contributed by atoms with van der Waals surface area (Å²) in [6.45, 7) is 5.45. The number of furan rings is 1. The normalized spacial score (nSPS) is 23.8. The monoisotopic (exact) mass is 294 g/mol. The van der Waals surface area contributed by atoms with Crippen molar-refractivity contribution in [2.75, 3.05) is 26.7 Å². The molecule has 1 N–H and O–H groups in total. The van der Waals surface area contributed by atoms with E-state index >= 15 is 0 Å². The van der Waals surface area contributed by atoms with E-state index in [9.17, 15) is 9.59 Å². The van der Waals surface area contributed by atoms with Crippen LogP contribution in [0.25, 0.3) is 0 Å². The van der Waals surface area contributed by atoms with Crippen LogP contribution < -0.4 is 5.32 Å². The van der Waals surface area contributed by atoms with Crippen LogP contribution in [-0.2, 0) is 14.3 Å². The molecule has 3 atom stereocenters. The molecule has 2 heterocycles. The largest absolute Gasteiger partial charge is 0.469 e. The molecular formula is C15H22N2O4. The molecule has 6 nitrogen and oxygen atoms in total. The van der Waals surface area contributed by atoms with Crippen molar-refractivity contribution in [2.24, 2.45) is 11.8 Å². The number of esters is 1. The zero-order valence-corrected chi connectivity index (χ0v) is 12.7. The Morgan fingerprint density at radius 2 is 2.29 bits per heavy atom. The molecule has 116 valence electrons. The number of hydrogen-bond donors (Lipinski definition) is 1. The van der Waals surface area contributed by atoms with Crippen LogP contribution in [0.15, 0.2) is 22.8 Å². The van der Waals surface area contributed by atoms with E-state index in [0.717, 1.165) is 12.3 Å². The Kier molecular flexibility index (Phi) is 5.01. The van der Waals surface area contributed by atoms with Crippen molar-refractivity contribution in [3.05, 3.63) is 24.2 Å². The Balaban J connectivity index is 1.82. The van der Waals surface area contributed by atoms with E-state index < -0.39 is 0 Å². The van der Waals surface area contributed by atoms with Gasteiger partial charge in [-0.25, -0.2) is 0 Å². The van der Waals surface area contributed by atoms with Gasteiger partial charge in [-0.1, -0.05) is 6.92 Å². The summed E-state index contributed by atoms with van der Waals surface area (Å²) in [4.78, 5) is 25.7.